The smallest absolute Gasteiger partial charge is 0.242 e. The highest BCUT2D eigenvalue weighted by atomic mass is 32.2. The standard InChI is InChI=1S/C14H22N2O4S/c1-16(2)21(18,19)13-5-3-12(4-6-13)15-11-14(17)7-9-20-10-8-14/h3-6,15,17H,7-11H2,1-2H3. The van der Waals surface area contributed by atoms with Gasteiger partial charge in [0, 0.05) is 52.4 Å². The first-order chi connectivity index (χ1) is 9.83. The molecule has 0 atom stereocenters. The molecule has 1 aromatic carbocycles. The van der Waals surface area contributed by atoms with Crippen LogP contribution in [0.2, 0.25) is 0 Å². The Bertz CT molecular complexity index is 563. The Morgan fingerprint density at radius 1 is 1.24 bits per heavy atom. The highest BCUT2D eigenvalue weighted by Gasteiger charge is 2.29. The molecule has 0 spiro atoms. The fourth-order valence-electron chi connectivity index (χ4n) is 2.15. The second kappa shape index (κ2) is 6.31. The third kappa shape index (κ3) is 3.94. The molecule has 1 heterocycles. The summed E-state index contributed by atoms with van der Waals surface area (Å²) in [5.41, 5.74) is 0.0275. The molecule has 0 aliphatic carbocycles. The zero-order valence-electron chi connectivity index (χ0n) is 12.4. The number of anilines is 1. The Morgan fingerprint density at radius 2 is 1.81 bits per heavy atom. The summed E-state index contributed by atoms with van der Waals surface area (Å²) in [5.74, 6) is 0. The fraction of sp³-hybridized carbons (Fsp3) is 0.571. The van der Waals surface area contributed by atoms with Crippen LogP contribution in [-0.4, -0.2) is 57.3 Å². The van der Waals surface area contributed by atoms with Crippen LogP contribution < -0.4 is 5.32 Å². The fourth-order valence-corrected chi connectivity index (χ4v) is 3.05. The second-order valence-corrected chi connectivity index (χ2v) is 7.65. The molecule has 2 N–H and O–H groups in total. The number of hydrogen-bond acceptors (Lipinski definition) is 5. The lowest BCUT2D eigenvalue weighted by molar-refractivity contribution is -0.0543. The van der Waals surface area contributed by atoms with Gasteiger partial charge in [-0.3, -0.25) is 0 Å². The molecule has 21 heavy (non-hydrogen) atoms. The van der Waals surface area contributed by atoms with Crippen LogP contribution in [0.15, 0.2) is 29.2 Å². The molecule has 0 bridgehead atoms. The quantitative estimate of drug-likeness (QED) is 0.844. The predicted molar refractivity (Wildman–Crippen MR) is 80.8 cm³/mol. The van der Waals surface area contributed by atoms with Crippen molar-refractivity contribution in [1.82, 2.24) is 4.31 Å². The summed E-state index contributed by atoms with van der Waals surface area (Å²) >= 11 is 0. The van der Waals surface area contributed by atoms with Crippen molar-refractivity contribution in [1.29, 1.82) is 0 Å². The van der Waals surface area contributed by atoms with Crippen LogP contribution in [0, 0.1) is 0 Å². The molecule has 1 aromatic rings. The van der Waals surface area contributed by atoms with Crippen LogP contribution in [0.5, 0.6) is 0 Å². The monoisotopic (exact) mass is 314 g/mol. The topological polar surface area (TPSA) is 78.9 Å². The summed E-state index contributed by atoms with van der Waals surface area (Å²) < 4.78 is 30.3. The highest BCUT2D eigenvalue weighted by Crippen LogP contribution is 2.22. The van der Waals surface area contributed by atoms with Crippen molar-refractivity contribution in [2.45, 2.75) is 23.3 Å². The maximum atomic E-state index is 12.0. The van der Waals surface area contributed by atoms with Gasteiger partial charge in [0.25, 0.3) is 0 Å². The molecule has 1 aliphatic heterocycles. The summed E-state index contributed by atoms with van der Waals surface area (Å²) in [7, 11) is -0.397. The summed E-state index contributed by atoms with van der Waals surface area (Å²) in [4.78, 5) is 0.253. The molecule has 0 aromatic heterocycles. The Hall–Kier alpha value is -1.15. The first-order valence-electron chi connectivity index (χ1n) is 6.90. The van der Waals surface area contributed by atoms with Gasteiger partial charge in [-0.1, -0.05) is 0 Å². The Kier molecular flexibility index (Phi) is 4.88. The van der Waals surface area contributed by atoms with E-state index in [1.54, 1.807) is 24.3 Å². The number of sulfonamides is 1. The Labute approximate surface area is 125 Å². The lowest BCUT2D eigenvalue weighted by atomic mass is 9.94. The van der Waals surface area contributed by atoms with Crippen LogP contribution in [0.4, 0.5) is 5.69 Å². The number of nitrogens with zero attached hydrogens (tertiary/aromatic N) is 1. The van der Waals surface area contributed by atoms with E-state index in [-0.39, 0.29) is 4.90 Å². The molecular weight excluding hydrogens is 292 g/mol. The predicted octanol–water partition coefficient (Wildman–Crippen LogP) is 0.890. The molecule has 118 valence electrons. The first-order valence-corrected chi connectivity index (χ1v) is 8.34. The molecule has 1 fully saturated rings. The van der Waals surface area contributed by atoms with Crippen molar-refractivity contribution in [2.75, 3.05) is 39.2 Å². The number of rotatable bonds is 5. The van der Waals surface area contributed by atoms with Gasteiger partial charge in [0.05, 0.1) is 10.5 Å². The van der Waals surface area contributed by atoms with Gasteiger partial charge >= 0.3 is 0 Å². The van der Waals surface area contributed by atoms with Gasteiger partial charge in [-0.2, -0.15) is 0 Å². The largest absolute Gasteiger partial charge is 0.388 e. The van der Waals surface area contributed by atoms with Gasteiger partial charge in [0.1, 0.15) is 0 Å². The lowest BCUT2D eigenvalue weighted by Crippen LogP contribution is -2.42. The van der Waals surface area contributed by atoms with E-state index in [2.05, 4.69) is 5.32 Å². The van der Waals surface area contributed by atoms with Crippen molar-refractivity contribution in [3.05, 3.63) is 24.3 Å². The van der Waals surface area contributed by atoms with Gasteiger partial charge in [0.15, 0.2) is 0 Å². The third-order valence-corrected chi connectivity index (χ3v) is 5.51. The number of benzene rings is 1. The molecule has 0 saturated carbocycles. The van der Waals surface area contributed by atoms with Crippen LogP contribution in [0.3, 0.4) is 0 Å². The van der Waals surface area contributed by atoms with Crippen LogP contribution >= 0.6 is 0 Å². The van der Waals surface area contributed by atoms with Gasteiger partial charge < -0.3 is 15.2 Å². The maximum absolute atomic E-state index is 12.0. The molecule has 0 amide bonds. The van der Waals surface area contributed by atoms with Crippen molar-refractivity contribution < 1.29 is 18.3 Å². The van der Waals surface area contributed by atoms with Gasteiger partial charge in [-0.05, 0) is 24.3 Å². The summed E-state index contributed by atoms with van der Waals surface area (Å²) in [5, 5.41) is 13.5. The third-order valence-electron chi connectivity index (χ3n) is 3.68. The molecule has 7 heteroatoms. The lowest BCUT2D eigenvalue weighted by Gasteiger charge is -2.32. The Morgan fingerprint density at radius 3 is 2.33 bits per heavy atom. The van der Waals surface area contributed by atoms with Crippen LogP contribution in [0.25, 0.3) is 0 Å². The van der Waals surface area contributed by atoms with E-state index in [0.717, 1.165) is 5.69 Å². The van der Waals surface area contributed by atoms with E-state index in [1.807, 2.05) is 0 Å². The summed E-state index contributed by atoms with van der Waals surface area (Å²) in [6, 6.07) is 6.54. The van der Waals surface area contributed by atoms with E-state index >= 15 is 0 Å². The number of ether oxygens (including phenoxy) is 1. The second-order valence-electron chi connectivity index (χ2n) is 5.50. The molecule has 0 unspecified atom stereocenters. The maximum Gasteiger partial charge on any atom is 0.242 e. The van der Waals surface area contributed by atoms with Crippen molar-refractivity contribution >= 4 is 15.7 Å². The van der Waals surface area contributed by atoms with E-state index in [1.165, 1.54) is 18.4 Å². The van der Waals surface area contributed by atoms with Crippen molar-refractivity contribution in [3.63, 3.8) is 0 Å². The molecule has 6 nitrogen and oxygen atoms in total. The average molecular weight is 314 g/mol. The van der Waals surface area contributed by atoms with E-state index in [9.17, 15) is 13.5 Å². The van der Waals surface area contributed by atoms with Gasteiger partial charge in [-0.25, -0.2) is 12.7 Å². The SMILES string of the molecule is CN(C)S(=O)(=O)c1ccc(NCC2(O)CCOCC2)cc1. The normalized spacial score (nSPS) is 18.7. The minimum atomic E-state index is -3.40. The molecular formula is C14H22N2O4S. The first kappa shape index (κ1) is 16.2. The molecule has 1 aliphatic rings. The van der Waals surface area contributed by atoms with E-state index in [0.29, 0.717) is 32.6 Å². The number of nitrogens with one attached hydrogen (secondary N) is 1. The zero-order valence-corrected chi connectivity index (χ0v) is 13.2. The molecule has 1 saturated heterocycles. The van der Waals surface area contributed by atoms with Crippen LogP contribution in [0.1, 0.15) is 12.8 Å². The minimum Gasteiger partial charge on any atom is -0.388 e. The van der Waals surface area contributed by atoms with Gasteiger partial charge in [-0.15, -0.1) is 0 Å². The highest BCUT2D eigenvalue weighted by molar-refractivity contribution is 7.89. The average Bonchev–Trinajstić information content (AvgIpc) is 2.46. The minimum absolute atomic E-state index is 0.253. The number of aliphatic hydroxyl groups is 1. The molecule has 0 radical (unpaired) electrons. The molecule has 2 rings (SSSR count). The number of hydrogen-bond donors (Lipinski definition) is 2. The zero-order chi connectivity index (χ0) is 15.5. The Balaban J connectivity index is 2.00. The van der Waals surface area contributed by atoms with E-state index in [4.69, 9.17) is 4.74 Å². The van der Waals surface area contributed by atoms with Crippen molar-refractivity contribution in [3.8, 4) is 0 Å². The van der Waals surface area contributed by atoms with Crippen LogP contribution in [-0.2, 0) is 14.8 Å². The van der Waals surface area contributed by atoms with E-state index < -0.39 is 15.6 Å². The van der Waals surface area contributed by atoms with Gasteiger partial charge in [0.2, 0.25) is 10.0 Å². The summed E-state index contributed by atoms with van der Waals surface area (Å²) in [6.07, 6.45) is 1.21. The summed E-state index contributed by atoms with van der Waals surface area (Å²) in [6.45, 7) is 1.56. The van der Waals surface area contributed by atoms with Crippen molar-refractivity contribution in [2.24, 2.45) is 0 Å².